The minimum Gasteiger partial charge on any atom is -0.383 e. The number of carbonyl (C=O) groups is 1. The van der Waals surface area contributed by atoms with Crippen molar-refractivity contribution in [2.24, 2.45) is 0 Å². The number of nitrogens with one attached hydrogen (secondary N) is 2. The molecule has 0 radical (unpaired) electrons. The summed E-state index contributed by atoms with van der Waals surface area (Å²) < 4.78 is 42.6. The topological polar surface area (TPSA) is 53.6 Å². The van der Waals surface area contributed by atoms with Crippen molar-refractivity contribution in [3.05, 3.63) is 35.4 Å². The van der Waals surface area contributed by atoms with Gasteiger partial charge in [-0.2, -0.15) is 13.2 Å². The van der Waals surface area contributed by atoms with Gasteiger partial charge >= 0.3 is 6.18 Å². The molecule has 1 saturated heterocycles. The van der Waals surface area contributed by atoms with Gasteiger partial charge in [0.15, 0.2) is 0 Å². The fourth-order valence-corrected chi connectivity index (χ4v) is 2.81. The molecule has 1 fully saturated rings. The van der Waals surface area contributed by atoms with Gasteiger partial charge in [-0.1, -0.05) is 12.1 Å². The highest BCUT2D eigenvalue weighted by Gasteiger charge is 2.30. The van der Waals surface area contributed by atoms with E-state index >= 15 is 0 Å². The van der Waals surface area contributed by atoms with E-state index in [1.54, 1.807) is 7.11 Å². The van der Waals surface area contributed by atoms with E-state index in [-0.39, 0.29) is 43.3 Å². The molecule has 1 atom stereocenters. The SMILES string of the molecule is COCCNCC(=O)NC1CCN(Cc2ccc(C(F)(F)F)cc2)C1.Cl.Cl. The molecule has 1 aromatic rings. The van der Waals surface area contributed by atoms with Crippen LogP contribution in [-0.2, 0) is 22.3 Å². The maximum atomic E-state index is 12.6. The highest BCUT2D eigenvalue weighted by atomic mass is 35.5. The lowest BCUT2D eigenvalue weighted by Gasteiger charge is -2.17. The zero-order valence-corrected chi connectivity index (χ0v) is 16.7. The zero-order valence-electron chi connectivity index (χ0n) is 15.1. The Bertz CT molecular complexity index is 559. The smallest absolute Gasteiger partial charge is 0.383 e. The number of benzene rings is 1. The molecule has 5 nitrogen and oxygen atoms in total. The molecule has 1 aromatic carbocycles. The van der Waals surface area contributed by atoms with Crippen molar-refractivity contribution in [2.45, 2.75) is 25.2 Å². The Kier molecular flexibility index (Phi) is 11.9. The molecule has 0 aromatic heterocycles. The summed E-state index contributed by atoms with van der Waals surface area (Å²) in [6.07, 6.45) is -3.47. The van der Waals surface area contributed by atoms with Crippen molar-refractivity contribution in [1.82, 2.24) is 15.5 Å². The fraction of sp³-hybridized carbons (Fsp3) is 0.588. The van der Waals surface area contributed by atoms with Crippen molar-refractivity contribution < 1.29 is 22.7 Å². The van der Waals surface area contributed by atoms with Gasteiger partial charge in [0.25, 0.3) is 0 Å². The van der Waals surface area contributed by atoms with Gasteiger partial charge in [-0.3, -0.25) is 9.69 Å². The standard InChI is InChI=1S/C17H24F3N3O2.2ClH/c1-25-9-7-21-10-16(24)22-15-6-8-23(12-15)11-13-2-4-14(5-3-13)17(18,19)20;;/h2-5,15,21H,6-12H2,1H3,(H,22,24);2*1H. The van der Waals surface area contributed by atoms with Crippen molar-refractivity contribution in [2.75, 3.05) is 39.9 Å². The van der Waals surface area contributed by atoms with Gasteiger partial charge in [0, 0.05) is 39.3 Å². The number of nitrogens with zero attached hydrogens (tertiary/aromatic N) is 1. The summed E-state index contributed by atoms with van der Waals surface area (Å²) in [6.45, 7) is 3.51. The van der Waals surface area contributed by atoms with Gasteiger partial charge < -0.3 is 15.4 Å². The highest BCUT2D eigenvalue weighted by Crippen LogP contribution is 2.29. The lowest BCUT2D eigenvalue weighted by molar-refractivity contribution is -0.137. The number of methoxy groups -OCH3 is 1. The number of hydrogen-bond acceptors (Lipinski definition) is 4. The number of likely N-dealkylation sites (tertiary alicyclic amines) is 1. The summed E-state index contributed by atoms with van der Waals surface area (Å²) in [5, 5.41) is 5.95. The molecule has 27 heavy (non-hydrogen) atoms. The maximum absolute atomic E-state index is 12.6. The summed E-state index contributed by atoms with van der Waals surface area (Å²) in [6, 6.07) is 5.31. The van der Waals surface area contributed by atoms with E-state index in [1.165, 1.54) is 12.1 Å². The van der Waals surface area contributed by atoms with E-state index in [1.807, 2.05) is 0 Å². The second-order valence-electron chi connectivity index (χ2n) is 6.15. The Balaban J connectivity index is 0.00000338. The molecule has 1 aliphatic rings. The lowest BCUT2D eigenvalue weighted by Crippen LogP contribution is -2.42. The molecular weight excluding hydrogens is 406 g/mol. The van der Waals surface area contributed by atoms with Crippen LogP contribution in [0.4, 0.5) is 13.2 Å². The predicted octanol–water partition coefficient (Wildman–Crippen LogP) is 2.48. The summed E-state index contributed by atoms with van der Waals surface area (Å²) >= 11 is 0. The summed E-state index contributed by atoms with van der Waals surface area (Å²) in [7, 11) is 1.60. The van der Waals surface area contributed by atoms with Crippen molar-refractivity contribution in [3.63, 3.8) is 0 Å². The van der Waals surface area contributed by atoms with Crippen molar-refractivity contribution in [3.8, 4) is 0 Å². The first-order valence-corrected chi connectivity index (χ1v) is 8.26. The van der Waals surface area contributed by atoms with Crippen molar-refractivity contribution in [1.29, 1.82) is 0 Å². The third kappa shape index (κ3) is 9.12. The van der Waals surface area contributed by atoms with Gasteiger partial charge in [0.1, 0.15) is 0 Å². The first kappa shape index (κ1) is 25.9. The van der Waals surface area contributed by atoms with Gasteiger partial charge in [0.05, 0.1) is 18.7 Å². The van der Waals surface area contributed by atoms with Crippen LogP contribution in [0.25, 0.3) is 0 Å². The summed E-state index contributed by atoms with van der Waals surface area (Å²) in [5.74, 6) is -0.0579. The number of rotatable bonds is 8. The van der Waals surface area contributed by atoms with Crippen LogP contribution in [-0.4, -0.2) is 56.7 Å². The van der Waals surface area contributed by atoms with Crippen LogP contribution < -0.4 is 10.6 Å². The Morgan fingerprint density at radius 2 is 1.93 bits per heavy atom. The Morgan fingerprint density at radius 3 is 2.52 bits per heavy atom. The number of halogens is 5. The van der Waals surface area contributed by atoms with Crippen LogP contribution in [0.15, 0.2) is 24.3 Å². The Morgan fingerprint density at radius 1 is 1.26 bits per heavy atom. The molecule has 0 bridgehead atoms. The molecule has 0 spiro atoms. The molecular formula is C17H26Cl2F3N3O2. The fourth-order valence-electron chi connectivity index (χ4n) is 2.81. The Hall–Kier alpha value is -1.06. The molecule has 2 N–H and O–H groups in total. The number of hydrogen-bond donors (Lipinski definition) is 2. The van der Waals surface area contributed by atoms with Crippen LogP contribution in [0.2, 0.25) is 0 Å². The second-order valence-corrected chi connectivity index (χ2v) is 6.15. The van der Waals surface area contributed by atoms with Crippen LogP contribution >= 0.6 is 24.8 Å². The molecule has 2 rings (SSSR count). The minimum atomic E-state index is -4.31. The average Bonchev–Trinajstić information content (AvgIpc) is 2.98. The van der Waals surface area contributed by atoms with E-state index in [2.05, 4.69) is 15.5 Å². The summed E-state index contributed by atoms with van der Waals surface area (Å²) in [4.78, 5) is 13.9. The maximum Gasteiger partial charge on any atom is 0.416 e. The molecule has 1 aliphatic heterocycles. The monoisotopic (exact) mass is 431 g/mol. The largest absolute Gasteiger partial charge is 0.416 e. The van der Waals surface area contributed by atoms with Crippen molar-refractivity contribution >= 4 is 30.7 Å². The van der Waals surface area contributed by atoms with Crippen LogP contribution in [0.5, 0.6) is 0 Å². The first-order valence-electron chi connectivity index (χ1n) is 8.26. The van der Waals surface area contributed by atoms with Gasteiger partial charge in [-0.05, 0) is 24.1 Å². The molecule has 1 heterocycles. The number of carbonyl (C=O) groups excluding carboxylic acids is 1. The summed E-state index contributed by atoms with van der Waals surface area (Å²) in [5.41, 5.74) is 0.199. The van der Waals surface area contributed by atoms with Crippen LogP contribution in [0.1, 0.15) is 17.5 Å². The molecule has 0 aliphatic carbocycles. The molecule has 10 heteroatoms. The number of ether oxygens (including phenoxy) is 1. The van der Waals surface area contributed by atoms with Gasteiger partial charge in [-0.25, -0.2) is 0 Å². The minimum absolute atomic E-state index is 0. The third-order valence-corrected chi connectivity index (χ3v) is 4.09. The molecule has 1 unspecified atom stereocenters. The average molecular weight is 432 g/mol. The zero-order chi connectivity index (χ0) is 18.3. The van der Waals surface area contributed by atoms with E-state index in [4.69, 9.17) is 4.74 Å². The second kappa shape index (κ2) is 12.4. The van der Waals surface area contributed by atoms with Gasteiger partial charge in [-0.15, -0.1) is 24.8 Å². The molecule has 156 valence electrons. The van der Waals surface area contributed by atoms with E-state index in [0.29, 0.717) is 26.2 Å². The van der Waals surface area contributed by atoms with Gasteiger partial charge in [0.2, 0.25) is 5.91 Å². The van der Waals surface area contributed by atoms with E-state index in [0.717, 1.165) is 30.7 Å². The lowest BCUT2D eigenvalue weighted by atomic mass is 10.1. The van der Waals surface area contributed by atoms with Crippen LogP contribution in [0, 0.1) is 0 Å². The Labute approximate surface area is 169 Å². The van der Waals surface area contributed by atoms with E-state index in [9.17, 15) is 18.0 Å². The highest BCUT2D eigenvalue weighted by molar-refractivity contribution is 5.85. The molecule has 0 saturated carbocycles. The quantitative estimate of drug-likeness (QED) is 0.620. The van der Waals surface area contributed by atoms with E-state index < -0.39 is 11.7 Å². The predicted molar refractivity (Wildman–Crippen MR) is 103 cm³/mol. The third-order valence-electron chi connectivity index (χ3n) is 4.09. The number of amides is 1. The van der Waals surface area contributed by atoms with Crippen LogP contribution in [0.3, 0.4) is 0 Å². The first-order chi connectivity index (χ1) is 11.9. The normalized spacial score (nSPS) is 17.1. The molecule has 1 amide bonds. The number of alkyl halides is 3.